The van der Waals surface area contributed by atoms with Crippen molar-refractivity contribution in [2.24, 2.45) is 0 Å². The Hall–Kier alpha value is -3.84. The number of aromatic nitrogens is 2. The fraction of sp³-hybridized carbons (Fsp3) is 0.444. The Bertz CT molecular complexity index is 1340. The third-order valence-electron chi connectivity index (χ3n) is 8.00. The molecule has 0 spiro atoms. The minimum atomic E-state index is -0.436. The molecule has 2 N–H and O–H groups in total. The van der Waals surface area contributed by atoms with Crippen molar-refractivity contribution in [1.29, 1.82) is 0 Å². The van der Waals surface area contributed by atoms with Crippen LogP contribution in [0.5, 0.6) is 0 Å². The van der Waals surface area contributed by atoms with Crippen LogP contribution in [0.2, 0.25) is 0 Å². The van der Waals surface area contributed by atoms with E-state index in [9.17, 15) is 9.59 Å². The Labute approximate surface area is 292 Å². The zero-order valence-corrected chi connectivity index (χ0v) is 29.9. The van der Waals surface area contributed by atoms with E-state index in [-0.39, 0.29) is 37.4 Å². The van der Waals surface area contributed by atoms with E-state index in [0.29, 0.717) is 25.9 Å². The van der Waals surface area contributed by atoms with Crippen molar-refractivity contribution < 1.29 is 19.1 Å². The molecule has 2 atom stereocenters. The third kappa shape index (κ3) is 13.3. The van der Waals surface area contributed by atoms with E-state index in [1.807, 2.05) is 36.4 Å². The van der Waals surface area contributed by atoms with Crippen LogP contribution >= 0.6 is 22.7 Å². The first kappa shape index (κ1) is 37.0. The van der Waals surface area contributed by atoms with Crippen LogP contribution in [0.15, 0.2) is 84.1 Å². The number of hydrogen-bond acceptors (Lipinski definition) is 10. The van der Waals surface area contributed by atoms with Gasteiger partial charge in [0.1, 0.15) is 13.2 Å². The zero-order valence-electron chi connectivity index (χ0n) is 28.3. The molecule has 2 amide bonds. The van der Waals surface area contributed by atoms with Crippen molar-refractivity contribution in [1.82, 2.24) is 30.4 Å². The van der Waals surface area contributed by atoms with Crippen LogP contribution in [0.4, 0.5) is 9.59 Å². The Morgan fingerprint density at radius 3 is 1.40 bits per heavy atom. The van der Waals surface area contributed by atoms with Gasteiger partial charge in [0.15, 0.2) is 0 Å². The van der Waals surface area contributed by atoms with Crippen molar-refractivity contribution in [3.05, 3.63) is 105 Å². The van der Waals surface area contributed by atoms with Gasteiger partial charge in [-0.3, -0.25) is 19.8 Å². The lowest BCUT2D eigenvalue weighted by Gasteiger charge is -2.36. The maximum Gasteiger partial charge on any atom is 0.407 e. The fourth-order valence-electron chi connectivity index (χ4n) is 5.38. The van der Waals surface area contributed by atoms with Crippen LogP contribution in [-0.2, 0) is 35.5 Å². The van der Waals surface area contributed by atoms with Crippen molar-refractivity contribution >= 4 is 34.9 Å². The molecule has 258 valence electrons. The smallest absolute Gasteiger partial charge is 0.407 e. The lowest BCUT2D eigenvalue weighted by atomic mass is 10.0. The average Bonchev–Trinajstić information content (AvgIpc) is 3.80. The summed E-state index contributed by atoms with van der Waals surface area (Å²) in [5.74, 6) is 0. The number of rotatable bonds is 19. The molecule has 0 aliphatic rings. The van der Waals surface area contributed by atoms with E-state index in [1.165, 1.54) is 22.7 Å². The van der Waals surface area contributed by atoms with Gasteiger partial charge in [-0.25, -0.2) is 9.59 Å². The summed E-state index contributed by atoms with van der Waals surface area (Å²) in [6, 6.07) is 20.6. The van der Waals surface area contributed by atoms with Crippen LogP contribution in [0.1, 0.15) is 48.6 Å². The van der Waals surface area contributed by atoms with Gasteiger partial charge in [-0.2, -0.15) is 0 Å². The molecule has 12 heteroatoms. The molecule has 4 rings (SSSR count). The van der Waals surface area contributed by atoms with Gasteiger partial charge < -0.3 is 20.1 Å². The number of nitrogens with one attached hydrogen (secondary N) is 2. The summed E-state index contributed by atoms with van der Waals surface area (Å²) >= 11 is 2.92. The van der Waals surface area contributed by atoms with Crippen LogP contribution in [0.25, 0.3) is 0 Å². The highest BCUT2D eigenvalue weighted by Gasteiger charge is 2.24. The van der Waals surface area contributed by atoms with E-state index >= 15 is 0 Å². The van der Waals surface area contributed by atoms with E-state index in [1.54, 1.807) is 23.4 Å². The molecule has 0 aliphatic heterocycles. The van der Waals surface area contributed by atoms with Crippen molar-refractivity contribution in [2.45, 2.75) is 77.9 Å². The molecule has 0 saturated carbocycles. The van der Waals surface area contributed by atoms with Crippen LogP contribution in [-0.4, -0.2) is 82.3 Å². The summed E-state index contributed by atoms with van der Waals surface area (Å²) in [5, 5.41) is 6.26. The highest BCUT2D eigenvalue weighted by molar-refractivity contribution is 7.09. The number of ether oxygens (including phenoxy) is 2. The predicted molar refractivity (Wildman–Crippen MR) is 192 cm³/mol. The molecule has 0 fully saturated rings. The quantitative estimate of drug-likeness (QED) is 0.116. The summed E-state index contributed by atoms with van der Waals surface area (Å²) < 4.78 is 11.1. The number of amides is 2. The van der Waals surface area contributed by atoms with Gasteiger partial charge in [-0.1, -0.05) is 60.7 Å². The largest absolute Gasteiger partial charge is 0.444 e. The minimum absolute atomic E-state index is 0.155. The molecule has 10 nitrogen and oxygen atoms in total. The fourth-order valence-corrected chi connectivity index (χ4v) is 6.39. The number of thiazole rings is 2. The van der Waals surface area contributed by atoms with Crippen LogP contribution < -0.4 is 10.6 Å². The van der Waals surface area contributed by atoms with Gasteiger partial charge in [0.25, 0.3) is 0 Å². The zero-order chi connectivity index (χ0) is 34.1. The van der Waals surface area contributed by atoms with E-state index in [4.69, 9.17) is 9.47 Å². The summed E-state index contributed by atoms with van der Waals surface area (Å²) in [6.45, 7) is 12.0. The maximum absolute atomic E-state index is 12.9. The molecule has 2 heterocycles. The average molecular weight is 693 g/mol. The second-order valence-corrected chi connectivity index (χ2v) is 14.3. The number of alkyl carbamates (subject to hydrolysis) is 2. The molecule has 2 aromatic carbocycles. The number of carbonyl (C=O) groups excluding carboxylic acids is 2. The lowest BCUT2D eigenvalue weighted by molar-refractivity contribution is 0.114. The van der Waals surface area contributed by atoms with Gasteiger partial charge in [0, 0.05) is 62.7 Å². The normalized spacial score (nSPS) is 12.8. The van der Waals surface area contributed by atoms with Crippen molar-refractivity contribution in [3.8, 4) is 0 Å². The molecule has 0 unspecified atom stereocenters. The first-order valence-electron chi connectivity index (χ1n) is 16.4. The number of nitrogens with zero attached hydrogens (tertiary/aromatic N) is 4. The maximum atomic E-state index is 12.9. The Morgan fingerprint density at radius 1 is 0.667 bits per heavy atom. The Kier molecular flexibility index (Phi) is 15.3. The Morgan fingerprint density at radius 2 is 1.06 bits per heavy atom. The molecule has 0 bridgehead atoms. The van der Waals surface area contributed by atoms with Crippen molar-refractivity contribution in [2.75, 3.05) is 26.2 Å². The highest BCUT2D eigenvalue weighted by atomic mass is 32.1. The predicted octanol–water partition coefficient (Wildman–Crippen LogP) is 6.40. The SMILES string of the molecule is CC(C)N(CCN(C[C@H](Cc1ccccc1)NC(=O)OCc1cncs1)C(C)C)C[C@@H](Cc1ccccc1)NC(=O)OCc1cncs1. The van der Waals surface area contributed by atoms with E-state index in [2.05, 4.69) is 82.4 Å². The summed E-state index contributed by atoms with van der Waals surface area (Å²) in [5.41, 5.74) is 5.75. The molecule has 4 aromatic rings. The Balaban J connectivity index is 1.40. The highest BCUT2D eigenvalue weighted by Crippen LogP contribution is 2.13. The molecular formula is C36H48N6O4S2. The molecule has 48 heavy (non-hydrogen) atoms. The van der Waals surface area contributed by atoms with Gasteiger partial charge in [-0.05, 0) is 51.7 Å². The first-order valence-corrected chi connectivity index (χ1v) is 18.2. The number of carbonyl (C=O) groups is 2. The first-order chi connectivity index (χ1) is 23.2. The minimum Gasteiger partial charge on any atom is -0.444 e. The van der Waals surface area contributed by atoms with Crippen molar-refractivity contribution in [3.63, 3.8) is 0 Å². The van der Waals surface area contributed by atoms with Gasteiger partial charge in [0.05, 0.1) is 20.8 Å². The number of hydrogen-bond donors (Lipinski definition) is 2. The molecule has 0 aliphatic carbocycles. The molecule has 0 saturated heterocycles. The van der Waals surface area contributed by atoms with Gasteiger partial charge in [-0.15, -0.1) is 22.7 Å². The van der Waals surface area contributed by atoms with E-state index < -0.39 is 12.2 Å². The number of benzene rings is 2. The summed E-state index contributed by atoms with van der Waals surface area (Å²) in [6.07, 6.45) is 3.92. The van der Waals surface area contributed by atoms with Gasteiger partial charge in [0.2, 0.25) is 0 Å². The monoisotopic (exact) mass is 692 g/mol. The van der Waals surface area contributed by atoms with Crippen LogP contribution in [0, 0.1) is 0 Å². The second-order valence-electron chi connectivity index (χ2n) is 12.3. The molecule has 0 radical (unpaired) electrons. The topological polar surface area (TPSA) is 109 Å². The lowest BCUT2D eigenvalue weighted by Crippen LogP contribution is -2.51. The summed E-state index contributed by atoms with van der Waals surface area (Å²) in [7, 11) is 0. The molecule has 2 aromatic heterocycles. The second kappa shape index (κ2) is 19.9. The standard InChI is InChI=1S/C36H48N6O4S2/c1-27(2)41(21-31(17-29-11-7-5-8-12-29)39-35(43)45-23-33-19-37-25-47-33)15-16-42(28(3)4)22-32(18-30-13-9-6-10-14-30)40-36(44)46-24-34-20-38-26-48-34/h5-14,19-20,25-28,31-32H,15-18,21-24H2,1-4H3,(H,39,43)(H,40,44)/t31-,32+. The van der Waals surface area contributed by atoms with E-state index in [0.717, 1.165) is 34.0 Å². The van der Waals surface area contributed by atoms with Gasteiger partial charge >= 0.3 is 12.2 Å². The molecular weight excluding hydrogens is 645 g/mol. The summed E-state index contributed by atoms with van der Waals surface area (Å²) in [4.78, 5) is 40.5. The van der Waals surface area contributed by atoms with Crippen LogP contribution in [0.3, 0.4) is 0 Å². The third-order valence-corrected chi connectivity index (χ3v) is 9.50.